The molecule has 6 heteroatoms. The van der Waals surface area contributed by atoms with Crippen LogP contribution in [0.5, 0.6) is 0 Å². The SMILES string of the molecule is CO[C@H]1CC[C@H](N2CCC(Nc3cc(C)c(Cl)cc3N=O)CC2)CC1. The summed E-state index contributed by atoms with van der Waals surface area (Å²) in [5, 5.41) is 7.22. The Hall–Kier alpha value is -1.17. The van der Waals surface area contributed by atoms with Crippen LogP contribution in [0.1, 0.15) is 44.1 Å². The molecule has 0 radical (unpaired) electrons. The van der Waals surface area contributed by atoms with E-state index in [1.807, 2.05) is 20.1 Å². The molecular weight excluding hydrogens is 338 g/mol. The van der Waals surface area contributed by atoms with E-state index in [2.05, 4.69) is 15.4 Å². The van der Waals surface area contributed by atoms with E-state index in [0.29, 0.717) is 28.9 Å². The molecule has 1 aliphatic carbocycles. The number of hydrogen-bond donors (Lipinski definition) is 1. The molecule has 0 amide bonds. The second-order valence-corrected chi connectivity index (χ2v) is 7.74. The topological polar surface area (TPSA) is 53.9 Å². The van der Waals surface area contributed by atoms with Crippen LogP contribution in [0.25, 0.3) is 0 Å². The number of halogens is 1. The average molecular weight is 366 g/mol. The van der Waals surface area contributed by atoms with Crippen molar-refractivity contribution in [3.8, 4) is 0 Å². The lowest BCUT2D eigenvalue weighted by Crippen LogP contribution is -2.46. The molecule has 1 aromatic rings. The zero-order chi connectivity index (χ0) is 17.8. The summed E-state index contributed by atoms with van der Waals surface area (Å²) < 4.78 is 5.48. The maximum absolute atomic E-state index is 11.1. The summed E-state index contributed by atoms with van der Waals surface area (Å²) in [5.74, 6) is 0. The molecule has 0 atom stereocenters. The van der Waals surface area contributed by atoms with Crippen LogP contribution in [-0.2, 0) is 4.74 Å². The molecule has 1 aromatic carbocycles. The van der Waals surface area contributed by atoms with Crippen LogP contribution < -0.4 is 5.32 Å². The molecular formula is C19H28ClN3O2. The number of nitrogens with one attached hydrogen (secondary N) is 1. The molecule has 0 aromatic heterocycles. The maximum Gasteiger partial charge on any atom is 0.132 e. The first-order valence-electron chi connectivity index (χ1n) is 9.27. The lowest BCUT2D eigenvalue weighted by Gasteiger charge is -2.41. The smallest absolute Gasteiger partial charge is 0.132 e. The van der Waals surface area contributed by atoms with Crippen LogP contribution in [0.4, 0.5) is 11.4 Å². The zero-order valence-corrected chi connectivity index (χ0v) is 15.9. The van der Waals surface area contributed by atoms with Crippen molar-refractivity contribution in [2.24, 2.45) is 5.18 Å². The van der Waals surface area contributed by atoms with Gasteiger partial charge in [-0.05, 0) is 68.3 Å². The van der Waals surface area contributed by atoms with Gasteiger partial charge in [0, 0.05) is 37.3 Å². The van der Waals surface area contributed by atoms with Gasteiger partial charge in [-0.25, -0.2) is 0 Å². The molecule has 1 N–H and O–H groups in total. The largest absolute Gasteiger partial charge is 0.381 e. The van der Waals surface area contributed by atoms with Crippen molar-refractivity contribution in [3.05, 3.63) is 27.6 Å². The molecule has 3 rings (SSSR count). The molecule has 1 saturated carbocycles. The Morgan fingerprint density at radius 2 is 1.84 bits per heavy atom. The first kappa shape index (κ1) is 18.6. The number of nitroso groups, excluding NO2 is 1. The number of anilines is 1. The third-order valence-corrected chi connectivity index (χ3v) is 6.17. The van der Waals surface area contributed by atoms with Gasteiger partial charge < -0.3 is 15.0 Å². The number of ether oxygens (including phenoxy) is 1. The van der Waals surface area contributed by atoms with Gasteiger partial charge in [0.1, 0.15) is 5.69 Å². The summed E-state index contributed by atoms with van der Waals surface area (Å²) in [6.07, 6.45) is 7.47. The van der Waals surface area contributed by atoms with Crippen molar-refractivity contribution in [1.29, 1.82) is 0 Å². The van der Waals surface area contributed by atoms with Crippen LogP contribution in [0, 0.1) is 11.8 Å². The molecule has 0 spiro atoms. The fraction of sp³-hybridized carbons (Fsp3) is 0.684. The van der Waals surface area contributed by atoms with E-state index in [-0.39, 0.29) is 0 Å². The normalized spacial score (nSPS) is 25.7. The molecule has 5 nitrogen and oxygen atoms in total. The molecule has 1 heterocycles. The Bertz CT molecular complexity index is 595. The number of likely N-dealkylation sites (tertiary alicyclic amines) is 1. The second kappa shape index (κ2) is 8.47. The number of rotatable bonds is 5. The minimum absolute atomic E-state index is 0.382. The fourth-order valence-electron chi connectivity index (χ4n) is 4.14. The summed E-state index contributed by atoms with van der Waals surface area (Å²) in [4.78, 5) is 13.7. The van der Waals surface area contributed by atoms with E-state index in [0.717, 1.165) is 37.2 Å². The van der Waals surface area contributed by atoms with Crippen LogP contribution in [0.15, 0.2) is 17.3 Å². The minimum Gasteiger partial charge on any atom is -0.381 e. The van der Waals surface area contributed by atoms with Crippen LogP contribution in [0.3, 0.4) is 0 Å². The summed E-state index contributed by atoms with van der Waals surface area (Å²) >= 11 is 6.09. The summed E-state index contributed by atoms with van der Waals surface area (Å²) in [7, 11) is 1.82. The van der Waals surface area contributed by atoms with Crippen LogP contribution in [-0.4, -0.2) is 43.3 Å². The molecule has 2 aliphatic rings. The van der Waals surface area contributed by atoms with Crippen molar-refractivity contribution >= 4 is 23.0 Å². The van der Waals surface area contributed by atoms with E-state index in [9.17, 15) is 4.91 Å². The van der Waals surface area contributed by atoms with Gasteiger partial charge in [0.15, 0.2) is 0 Å². The Kier molecular flexibility index (Phi) is 6.31. The van der Waals surface area contributed by atoms with Gasteiger partial charge >= 0.3 is 0 Å². The quantitative estimate of drug-likeness (QED) is 0.755. The van der Waals surface area contributed by atoms with Gasteiger partial charge in [0.25, 0.3) is 0 Å². The molecule has 25 heavy (non-hydrogen) atoms. The highest BCUT2D eigenvalue weighted by atomic mass is 35.5. The van der Waals surface area contributed by atoms with Gasteiger partial charge in [-0.1, -0.05) is 11.6 Å². The summed E-state index contributed by atoms with van der Waals surface area (Å²) in [5.41, 5.74) is 2.16. The van der Waals surface area contributed by atoms with E-state index >= 15 is 0 Å². The van der Waals surface area contributed by atoms with Crippen LogP contribution in [0.2, 0.25) is 5.02 Å². The van der Waals surface area contributed by atoms with Gasteiger partial charge in [0.2, 0.25) is 0 Å². The third-order valence-electron chi connectivity index (χ3n) is 5.76. The summed E-state index contributed by atoms with van der Waals surface area (Å²) in [6.45, 7) is 4.16. The first-order chi connectivity index (χ1) is 12.1. The molecule has 1 aliphatic heterocycles. The predicted molar refractivity (Wildman–Crippen MR) is 103 cm³/mol. The predicted octanol–water partition coefficient (Wildman–Crippen LogP) is 4.88. The molecule has 138 valence electrons. The molecule has 1 saturated heterocycles. The van der Waals surface area contributed by atoms with Gasteiger partial charge in [0.05, 0.1) is 11.8 Å². The van der Waals surface area contributed by atoms with Crippen LogP contribution >= 0.6 is 11.6 Å². The highest BCUT2D eigenvalue weighted by Gasteiger charge is 2.29. The Labute approximate surface area is 155 Å². The highest BCUT2D eigenvalue weighted by molar-refractivity contribution is 6.31. The van der Waals surface area contributed by atoms with Gasteiger partial charge in [-0.15, -0.1) is 4.91 Å². The highest BCUT2D eigenvalue weighted by Crippen LogP contribution is 2.33. The number of hydrogen-bond acceptors (Lipinski definition) is 5. The van der Waals surface area contributed by atoms with Crippen molar-refractivity contribution in [3.63, 3.8) is 0 Å². The Morgan fingerprint density at radius 1 is 1.16 bits per heavy atom. The standard InChI is InChI=1S/C19H28ClN3O2/c1-13-11-18(19(22-24)12-17(13)20)21-14-7-9-23(10-8-14)15-3-5-16(25-2)6-4-15/h11-12,14-16,21H,3-10H2,1-2H3/t15-,16-. The minimum atomic E-state index is 0.382. The van der Waals surface area contributed by atoms with Gasteiger partial charge in [-0.3, -0.25) is 0 Å². The third kappa shape index (κ3) is 4.52. The van der Waals surface area contributed by atoms with E-state index in [4.69, 9.17) is 16.3 Å². The average Bonchev–Trinajstić information content (AvgIpc) is 2.65. The number of methoxy groups -OCH3 is 1. The fourth-order valence-corrected chi connectivity index (χ4v) is 4.29. The lowest BCUT2D eigenvalue weighted by atomic mass is 9.90. The first-order valence-corrected chi connectivity index (χ1v) is 9.65. The number of aryl methyl sites for hydroxylation is 1. The van der Waals surface area contributed by atoms with Crippen molar-refractivity contribution in [2.45, 2.75) is 63.6 Å². The second-order valence-electron chi connectivity index (χ2n) is 7.33. The van der Waals surface area contributed by atoms with E-state index in [1.165, 1.54) is 25.7 Å². The molecule has 0 unspecified atom stereocenters. The monoisotopic (exact) mass is 365 g/mol. The Balaban J connectivity index is 1.53. The summed E-state index contributed by atoms with van der Waals surface area (Å²) in [6, 6.07) is 4.66. The number of benzene rings is 1. The van der Waals surface area contributed by atoms with E-state index < -0.39 is 0 Å². The number of nitrogens with zero attached hydrogens (tertiary/aromatic N) is 2. The van der Waals surface area contributed by atoms with Crippen molar-refractivity contribution in [1.82, 2.24) is 4.90 Å². The van der Waals surface area contributed by atoms with Gasteiger partial charge in [-0.2, -0.15) is 0 Å². The zero-order valence-electron chi connectivity index (χ0n) is 15.1. The number of piperidine rings is 1. The van der Waals surface area contributed by atoms with E-state index in [1.54, 1.807) is 6.07 Å². The molecule has 0 bridgehead atoms. The van der Waals surface area contributed by atoms with Crippen molar-refractivity contribution < 1.29 is 4.74 Å². The maximum atomic E-state index is 11.1. The molecule has 2 fully saturated rings. The Morgan fingerprint density at radius 3 is 2.44 bits per heavy atom. The van der Waals surface area contributed by atoms with Crippen molar-refractivity contribution in [2.75, 3.05) is 25.5 Å². The lowest BCUT2D eigenvalue weighted by molar-refractivity contribution is 0.0329.